The number of carbonyl (C=O) groups is 2. The number of hydrogen-bond donors (Lipinski definition) is 1. The molecule has 134 valence electrons. The summed E-state index contributed by atoms with van der Waals surface area (Å²) in [5, 5.41) is 9.63. The molecule has 3 atom stereocenters. The van der Waals surface area contributed by atoms with Crippen molar-refractivity contribution in [2.24, 2.45) is 5.92 Å². The molecule has 26 heavy (non-hydrogen) atoms. The quantitative estimate of drug-likeness (QED) is 0.920. The average Bonchev–Trinajstić information content (AvgIpc) is 3.47. The van der Waals surface area contributed by atoms with Crippen molar-refractivity contribution in [2.45, 2.75) is 31.3 Å². The number of amides is 1. The highest BCUT2D eigenvalue weighted by atomic mass is 16.5. The van der Waals surface area contributed by atoms with Gasteiger partial charge in [0.2, 0.25) is 5.91 Å². The Morgan fingerprint density at radius 3 is 2.62 bits per heavy atom. The van der Waals surface area contributed by atoms with Crippen LogP contribution < -0.4 is 4.74 Å². The lowest BCUT2D eigenvalue weighted by molar-refractivity contribution is -0.152. The predicted molar refractivity (Wildman–Crippen MR) is 96.0 cm³/mol. The average molecular weight is 351 g/mol. The lowest BCUT2D eigenvalue weighted by Crippen LogP contribution is -2.49. The SMILES string of the molecule is COc1cccc([C@@H]2C[C@H]2C(=O)N2Cc3ccccc3C[C@H]2C(=O)O)c1. The van der Waals surface area contributed by atoms with E-state index in [0.717, 1.165) is 28.9 Å². The van der Waals surface area contributed by atoms with Crippen molar-refractivity contribution in [2.75, 3.05) is 7.11 Å². The van der Waals surface area contributed by atoms with Crippen LogP contribution >= 0.6 is 0 Å². The molecule has 2 aromatic rings. The van der Waals surface area contributed by atoms with Crippen molar-refractivity contribution >= 4 is 11.9 Å². The van der Waals surface area contributed by atoms with Gasteiger partial charge in [-0.2, -0.15) is 0 Å². The molecule has 2 aliphatic rings. The molecule has 1 amide bonds. The zero-order chi connectivity index (χ0) is 18.3. The fourth-order valence-electron chi connectivity index (χ4n) is 3.90. The van der Waals surface area contributed by atoms with Crippen LogP contribution in [0, 0.1) is 5.92 Å². The second kappa shape index (κ2) is 6.48. The van der Waals surface area contributed by atoms with E-state index in [-0.39, 0.29) is 17.7 Å². The maximum Gasteiger partial charge on any atom is 0.326 e. The highest BCUT2D eigenvalue weighted by molar-refractivity contribution is 5.88. The van der Waals surface area contributed by atoms with Crippen molar-refractivity contribution in [1.29, 1.82) is 0 Å². The molecule has 1 aliphatic carbocycles. The Morgan fingerprint density at radius 1 is 1.12 bits per heavy atom. The minimum atomic E-state index is -0.938. The van der Waals surface area contributed by atoms with E-state index in [1.54, 1.807) is 12.0 Å². The second-order valence-corrected chi connectivity index (χ2v) is 7.02. The van der Waals surface area contributed by atoms with Gasteiger partial charge in [0.05, 0.1) is 7.11 Å². The fraction of sp³-hybridized carbons (Fsp3) is 0.333. The molecule has 1 heterocycles. The molecule has 1 fully saturated rings. The predicted octanol–water partition coefficient (Wildman–Crippen LogP) is 2.84. The summed E-state index contributed by atoms with van der Waals surface area (Å²) in [6, 6.07) is 14.7. The van der Waals surface area contributed by atoms with Crippen LogP contribution in [0.4, 0.5) is 0 Å². The van der Waals surface area contributed by atoms with Gasteiger partial charge in [-0.1, -0.05) is 36.4 Å². The molecule has 1 N–H and O–H groups in total. The first kappa shape index (κ1) is 16.6. The van der Waals surface area contributed by atoms with Crippen molar-refractivity contribution in [3.8, 4) is 5.75 Å². The molecule has 4 rings (SSSR count). The third-order valence-corrected chi connectivity index (χ3v) is 5.45. The number of nitrogens with zero attached hydrogens (tertiary/aromatic N) is 1. The molecule has 0 spiro atoms. The Bertz CT molecular complexity index is 863. The summed E-state index contributed by atoms with van der Waals surface area (Å²) in [5.41, 5.74) is 3.13. The van der Waals surface area contributed by atoms with Gasteiger partial charge >= 0.3 is 5.97 Å². The van der Waals surface area contributed by atoms with Gasteiger partial charge in [-0.25, -0.2) is 4.79 Å². The van der Waals surface area contributed by atoms with Crippen LogP contribution in [-0.4, -0.2) is 35.0 Å². The van der Waals surface area contributed by atoms with E-state index in [4.69, 9.17) is 4.74 Å². The van der Waals surface area contributed by atoms with E-state index in [9.17, 15) is 14.7 Å². The number of carboxylic acids is 1. The summed E-state index contributed by atoms with van der Waals surface area (Å²) < 4.78 is 5.26. The summed E-state index contributed by atoms with van der Waals surface area (Å²) >= 11 is 0. The fourth-order valence-corrected chi connectivity index (χ4v) is 3.90. The molecule has 5 heteroatoms. The number of hydrogen-bond acceptors (Lipinski definition) is 3. The minimum Gasteiger partial charge on any atom is -0.497 e. The number of methoxy groups -OCH3 is 1. The van der Waals surface area contributed by atoms with Gasteiger partial charge in [0, 0.05) is 18.9 Å². The third kappa shape index (κ3) is 2.94. The van der Waals surface area contributed by atoms with Gasteiger partial charge in [-0.3, -0.25) is 4.79 Å². The highest BCUT2D eigenvalue weighted by Crippen LogP contribution is 2.49. The summed E-state index contributed by atoms with van der Waals surface area (Å²) in [5.74, 6) is -0.222. The molecule has 0 saturated heterocycles. The van der Waals surface area contributed by atoms with E-state index >= 15 is 0 Å². The summed E-state index contributed by atoms with van der Waals surface area (Å²) in [6.07, 6.45) is 1.13. The largest absolute Gasteiger partial charge is 0.497 e. The number of carboxylic acid groups (broad SMARTS) is 1. The van der Waals surface area contributed by atoms with Crippen LogP contribution in [0.15, 0.2) is 48.5 Å². The Balaban J connectivity index is 1.55. The summed E-state index contributed by atoms with van der Waals surface area (Å²) in [7, 11) is 1.62. The summed E-state index contributed by atoms with van der Waals surface area (Å²) in [4.78, 5) is 26.4. The number of fused-ring (bicyclic) bond motifs is 1. The first-order valence-corrected chi connectivity index (χ1v) is 8.82. The molecule has 0 radical (unpaired) electrons. The van der Waals surface area contributed by atoms with E-state index in [2.05, 4.69) is 0 Å². The molecule has 0 unspecified atom stereocenters. The molecule has 0 bridgehead atoms. The summed E-state index contributed by atoms with van der Waals surface area (Å²) in [6.45, 7) is 0.368. The smallest absolute Gasteiger partial charge is 0.326 e. The first-order chi connectivity index (χ1) is 12.6. The lowest BCUT2D eigenvalue weighted by atomic mass is 9.93. The highest BCUT2D eigenvalue weighted by Gasteiger charge is 2.48. The van der Waals surface area contributed by atoms with Gasteiger partial charge in [0.1, 0.15) is 11.8 Å². The van der Waals surface area contributed by atoms with Crippen LogP contribution in [0.2, 0.25) is 0 Å². The molecule has 1 saturated carbocycles. The van der Waals surface area contributed by atoms with Gasteiger partial charge < -0.3 is 14.7 Å². The van der Waals surface area contributed by atoms with E-state index in [0.29, 0.717) is 13.0 Å². The standard InChI is InChI=1S/C21H21NO4/c1-26-16-8-4-7-14(9-16)17-11-18(17)20(23)22-12-15-6-3-2-5-13(15)10-19(22)21(24)25/h2-9,17-19H,10-12H2,1H3,(H,24,25)/t17-,18+,19-/m0/s1. The van der Waals surface area contributed by atoms with Crippen molar-refractivity contribution in [1.82, 2.24) is 4.90 Å². The minimum absolute atomic E-state index is 0.0558. The monoisotopic (exact) mass is 351 g/mol. The van der Waals surface area contributed by atoms with E-state index < -0.39 is 12.0 Å². The van der Waals surface area contributed by atoms with Gasteiger partial charge in [-0.05, 0) is 41.2 Å². The molecule has 1 aliphatic heterocycles. The number of ether oxygens (including phenoxy) is 1. The maximum absolute atomic E-state index is 13.1. The van der Waals surface area contributed by atoms with E-state index in [1.165, 1.54) is 0 Å². The number of benzene rings is 2. The maximum atomic E-state index is 13.1. The Kier molecular flexibility index (Phi) is 4.15. The zero-order valence-corrected chi connectivity index (χ0v) is 14.6. The van der Waals surface area contributed by atoms with Crippen molar-refractivity contribution in [3.05, 3.63) is 65.2 Å². The topological polar surface area (TPSA) is 66.8 Å². The number of aliphatic carboxylic acids is 1. The normalized spacial score (nSPS) is 23.9. The Labute approximate surface area is 152 Å². The van der Waals surface area contributed by atoms with Crippen LogP contribution in [0.3, 0.4) is 0 Å². The third-order valence-electron chi connectivity index (χ3n) is 5.45. The van der Waals surface area contributed by atoms with E-state index in [1.807, 2.05) is 48.5 Å². The van der Waals surface area contributed by atoms with Gasteiger partial charge in [0.15, 0.2) is 0 Å². The molecule has 5 nitrogen and oxygen atoms in total. The first-order valence-electron chi connectivity index (χ1n) is 8.82. The molecular weight excluding hydrogens is 330 g/mol. The van der Waals surface area contributed by atoms with Gasteiger partial charge in [-0.15, -0.1) is 0 Å². The van der Waals surface area contributed by atoms with Crippen molar-refractivity contribution < 1.29 is 19.4 Å². The number of rotatable bonds is 4. The van der Waals surface area contributed by atoms with Crippen LogP contribution in [0.25, 0.3) is 0 Å². The van der Waals surface area contributed by atoms with Crippen molar-refractivity contribution in [3.63, 3.8) is 0 Å². The van der Waals surface area contributed by atoms with Crippen LogP contribution in [0.5, 0.6) is 5.75 Å². The Morgan fingerprint density at radius 2 is 1.88 bits per heavy atom. The Hall–Kier alpha value is -2.82. The molecule has 2 aromatic carbocycles. The molecule has 0 aromatic heterocycles. The van der Waals surface area contributed by atoms with Crippen LogP contribution in [-0.2, 0) is 22.6 Å². The number of carbonyl (C=O) groups excluding carboxylic acids is 1. The lowest BCUT2D eigenvalue weighted by Gasteiger charge is -2.34. The molecular formula is C21H21NO4. The van der Waals surface area contributed by atoms with Crippen LogP contribution in [0.1, 0.15) is 29.0 Å². The second-order valence-electron chi connectivity index (χ2n) is 7.02. The zero-order valence-electron chi connectivity index (χ0n) is 14.6. The van der Waals surface area contributed by atoms with Gasteiger partial charge in [0.25, 0.3) is 0 Å².